The highest BCUT2D eigenvalue weighted by Gasteiger charge is 2.16. The number of amides is 1. The third-order valence-corrected chi connectivity index (χ3v) is 4.73. The van der Waals surface area contributed by atoms with E-state index < -0.39 is 21.8 Å². The maximum atomic E-state index is 12.3. The number of carbonyl (C=O) groups is 1. The summed E-state index contributed by atoms with van der Waals surface area (Å²) in [5.41, 5.74) is 2.82. The maximum absolute atomic E-state index is 12.3. The summed E-state index contributed by atoms with van der Waals surface area (Å²) in [6.45, 7) is 3.44. The Morgan fingerprint density at radius 1 is 1.12 bits per heavy atom. The lowest BCUT2D eigenvalue weighted by Gasteiger charge is -2.13. The number of benzene rings is 2. The number of aliphatic hydroxyl groups excluding tert-OH is 1. The number of rotatable bonds is 5. The van der Waals surface area contributed by atoms with Crippen molar-refractivity contribution in [2.24, 2.45) is 0 Å². The average molecular weight is 347 g/mol. The van der Waals surface area contributed by atoms with Crippen LogP contribution in [-0.2, 0) is 9.84 Å². The van der Waals surface area contributed by atoms with Crippen LogP contribution in [0.4, 0.5) is 0 Å². The normalized spacial score (nSPS) is 12.7. The van der Waals surface area contributed by atoms with Gasteiger partial charge in [-0.1, -0.05) is 29.8 Å². The van der Waals surface area contributed by atoms with E-state index in [0.717, 1.165) is 17.4 Å². The van der Waals surface area contributed by atoms with Gasteiger partial charge in [-0.25, -0.2) is 8.42 Å². The molecule has 2 rings (SSSR count). The smallest absolute Gasteiger partial charge is 0.251 e. The molecule has 6 heteroatoms. The largest absolute Gasteiger partial charge is 0.394 e. The quantitative estimate of drug-likeness (QED) is 0.868. The fraction of sp³-hybridized carbons (Fsp3) is 0.278. The molecule has 0 aliphatic rings. The molecule has 2 aromatic rings. The zero-order valence-electron chi connectivity index (χ0n) is 13.9. The minimum atomic E-state index is -3.46. The Bertz CT molecular complexity index is 842. The first kappa shape index (κ1) is 18.2. The third kappa shape index (κ3) is 4.43. The number of hydrogen-bond donors (Lipinski definition) is 2. The topological polar surface area (TPSA) is 83.5 Å². The molecule has 0 bridgehead atoms. The molecule has 2 N–H and O–H groups in total. The first-order valence-corrected chi connectivity index (χ1v) is 9.44. The predicted molar refractivity (Wildman–Crippen MR) is 93.7 cm³/mol. The van der Waals surface area contributed by atoms with Gasteiger partial charge < -0.3 is 10.4 Å². The van der Waals surface area contributed by atoms with Gasteiger partial charge >= 0.3 is 0 Å². The Labute approximate surface area is 142 Å². The molecule has 0 saturated heterocycles. The highest BCUT2D eigenvalue weighted by Crippen LogP contribution is 2.25. The van der Waals surface area contributed by atoms with Crippen LogP contribution in [-0.4, -0.2) is 38.3 Å². The number of sulfone groups is 1. The van der Waals surface area contributed by atoms with Crippen LogP contribution in [0.5, 0.6) is 0 Å². The van der Waals surface area contributed by atoms with Crippen molar-refractivity contribution in [1.29, 1.82) is 0 Å². The van der Waals surface area contributed by atoms with Gasteiger partial charge in [0.1, 0.15) is 0 Å². The van der Waals surface area contributed by atoms with Crippen molar-refractivity contribution in [2.45, 2.75) is 24.8 Å². The van der Waals surface area contributed by atoms with Gasteiger partial charge in [0.05, 0.1) is 11.5 Å². The minimum Gasteiger partial charge on any atom is -0.394 e. The number of aryl methyl sites for hydroxylation is 1. The molecule has 0 heterocycles. The molecule has 0 aromatic heterocycles. The monoisotopic (exact) mass is 347 g/mol. The second-order valence-corrected chi connectivity index (χ2v) is 7.96. The van der Waals surface area contributed by atoms with Gasteiger partial charge in [-0.3, -0.25) is 4.79 Å². The van der Waals surface area contributed by atoms with E-state index in [1.54, 1.807) is 19.1 Å². The molecule has 0 unspecified atom stereocenters. The van der Waals surface area contributed by atoms with E-state index in [1.807, 2.05) is 31.2 Å². The predicted octanol–water partition coefficient (Wildman–Crippen LogP) is 2.18. The zero-order chi connectivity index (χ0) is 17.9. The Morgan fingerprint density at radius 2 is 1.75 bits per heavy atom. The van der Waals surface area contributed by atoms with Crippen LogP contribution >= 0.6 is 0 Å². The van der Waals surface area contributed by atoms with Gasteiger partial charge in [0.25, 0.3) is 5.91 Å². The fourth-order valence-corrected chi connectivity index (χ4v) is 2.89. The van der Waals surface area contributed by atoms with E-state index in [9.17, 15) is 13.2 Å². The summed E-state index contributed by atoms with van der Waals surface area (Å²) in [5.74, 6) is -0.421. The Kier molecular flexibility index (Phi) is 5.41. The first-order chi connectivity index (χ1) is 11.2. The molecule has 0 aliphatic heterocycles. The molecule has 0 spiro atoms. The first-order valence-electron chi connectivity index (χ1n) is 7.54. The second-order valence-electron chi connectivity index (χ2n) is 5.94. The number of hydrogen-bond acceptors (Lipinski definition) is 4. The third-order valence-electron chi connectivity index (χ3n) is 3.63. The van der Waals surface area contributed by atoms with Crippen molar-refractivity contribution < 1.29 is 18.3 Å². The Balaban J connectivity index is 2.53. The average Bonchev–Trinajstić information content (AvgIpc) is 2.54. The van der Waals surface area contributed by atoms with Crippen LogP contribution in [0.25, 0.3) is 11.1 Å². The number of carbonyl (C=O) groups excluding carboxylic acids is 1. The molecule has 1 atom stereocenters. The standard InChI is InChI=1S/C18H21NO4S/c1-12-4-6-14(7-5-12)15-8-16(18(21)19-13(2)11-20)10-17(9-15)24(3,22)23/h4-10,13,20H,11H2,1-3H3,(H,19,21)/t13-/m0/s1. The molecule has 5 nitrogen and oxygen atoms in total. The maximum Gasteiger partial charge on any atom is 0.251 e. The van der Waals surface area contributed by atoms with Crippen LogP contribution in [0.1, 0.15) is 22.8 Å². The van der Waals surface area contributed by atoms with Gasteiger partial charge in [-0.15, -0.1) is 0 Å². The summed E-state index contributed by atoms with van der Waals surface area (Å²) in [7, 11) is -3.46. The Hall–Kier alpha value is -2.18. The van der Waals surface area contributed by atoms with Crippen molar-refractivity contribution in [3.05, 3.63) is 53.6 Å². The van der Waals surface area contributed by atoms with Crippen LogP contribution in [0, 0.1) is 6.92 Å². The molecular weight excluding hydrogens is 326 g/mol. The molecule has 2 aromatic carbocycles. The van der Waals surface area contributed by atoms with Gasteiger partial charge in [0, 0.05) is 17.9 Å². The van der Waals surface area contributed by atoms with Crippen molar-refractivity contribution in [1.82, 2.24) is 5.32 Å². The van der Waals surface area contributed by atoms with Gasteiger partial charge in [-0.2, -0.15) is 0 Å². The summed E-state index contributed by atoms with van der Waals surface area (Å²) < 4.78 is 23.9. The van der Waals surface area contributed by atoms with Crippen molar-refractivity contribution >= 4 is 15.7 Å². The van der Waals surface area contributed by atoms with E-state index in [4.69, 9.17) is 5.11 Å². The van der Waals surface area contributed by atoms with Crippen molar-refractivity contribution in [3.63, 3.8) is 0 Å². The van der Waals surface area contributed by atoms with E-state index in [1.165, 1.54) is 6.07 Å². The molecule has 1 amide bonds. The van der Waals surface area contributed by atoms with Gasteiger partial charge in [0.15, 0.2) is 9.84 Å². The van der Waals surface area contributed by atoms with Gasteiger partial charge in [-0.05, 0) is 43.2 Å². The molecule has 0 saturated carbocycles. The minimum absolute atomic E-state index is 0.0855. The lowest BCUT2D eigenvalue weighted by atomic mass is 10.0. The molecule has 0 fully saturated rings. The van der Waals surface area contributed by atoms with Crippen LogP contribution in [0.3, 0.4) is 0 Å². The zero-order valence-corrected chi connectivity index (χ0v) is 14.7. The SMILES string of the molecule is Cc1ccc(-c2cc(C(=O)N[C@@H](C)CO)cc(S(C)(=O)=O)c2)cc1. The fourth-order valence-electron chi connectivity index (χ4n) is 2.21. The number of nitrogens with one attached hydrogen (secondary N) is 1. The number of aliphatic hydroxyl groups is 1. The summed E-state index contributed by atoms with van der Waals surface area (Å²) >= 11 is 0. The van der Waals surface area contributed by atoms with Crippen LogP contribution < -0.4 is 5.32 Å². The van der Waals surface area contributed by atoms with Crippen molar-refractivity contribution in [3.8, 4) is 11.1 Å². The summed E-state index contributed by atoms with van der Waals surface area (Å²) in [4.78, 5) is 12.4. The van der Waals surface area contributed by atoms with E-state index >= 15 is 0 Å². The summed E-state index contributed by atoms with van der Waals surface area (Å²) in [6, 6.07) is 11.8. The van der Waals surface area contributed by atoms with Crippen LogP contribution in [0.2, 0.25) is 0 Å². The summed E-state index contributed by atoms with van der Waals surface area (Å²) in [6.07, 6.45) is 1.11. The lowest BCUT2D eigenvalue weighted by molar-refractivity contribution is 0.0922. The van der Waals surface area contributed by atoms with E-state index in [0.29, 0.717) is 5.56 Å². The second kappa shape index (κ2) is 7.15. The summed E-state index contributed by atoms with van der Waals surface area (Å²) in [5, 5.41) is 11.7. The van der Waals surface area contributed by atoms with Crippen LogP contribution in [0.15, 0.2) is 47.4 Å². The molecular formula is C18H21NO4S. The highest BCUT2D eigenvalue weighted by molar-refractivity contribution is 7.90. The molecule has 128 valence electrons. The van der Waals surface area contributed by atoms with E-state index in [2.05, 4.69) is 5.32 Å². The Morgan fingerprint density at radius 3 is 2.29 bits per heavy atom. The molecule has 24 heavy (non-hydrogen) atoms. The van der Waals surface area contributed by atoms with E-state index in [-0.39, 0.29) is 17.1 Å². The van der Waals surface area contributed by atoms with Crippen molar-refractivity contribution in [2.75, 3.05) is 12.9 Å². The molecule has 0 radical (unpaired) electrons. The molecule has 0 aliphatic carbocycles. The lowest BCUT2D eigenvalue weighted by Crippen LogP contribution is -2.35. The highest BCUT2D eigenvalue weighted by atomic mass is 32.2. The van der Waals surface area contributed by atoms with Gasteiger partial charge in [0.2, 0.25) is 0 Å².